The minimum atomic E-state index is -1.04. The maximum atomic E-state index is 12.1. The number of aliphatic carboxylic acids is 1. The van der Waals surface area contributed by atoms with Gasteiger partial charge in [0.15, 0.2) is 0 Å². The van der Waals surface area contributed by atoms with Crippen molar-refractivity contribution in [1.82, 2.24) is 5.32 Å². The third-order valence-corrected chi connectivity index (χ3v) is 11.1. The Bertz CT molecular complexity index is 774. The molecule has 0 aliphatic heterocycles. The van der Waals surface area contributed by atoms with Crippen LogP contribution in [0.25, 0.3) is 0 Å². The predicted octanol–water partition coefficient (Wildman–Crippen LogP) is 3.22. The number of aliphatic hydroxyl groups excluding tert-OH is 2. The van der Waals surface area contributed by atoms with Crippen LogP contribution in [0.2, 0.25) is 0 Å². The summed E-state index contributed by atoms with van der Waals surface area (Å²) in [6, 6.07) is 0. The Morgan fingerprint density at radius 3 is 2.50 bits per heavy atom. The van der Waals surface area contributed by atoms with Gasteiger partial charge in [0.25, 0.3) is 0 Å². The Kier molecular flexibility index (Phi) is 7.39. The first-order chi connectivity index (χ1) is 16.0. The smallest absolute Gasteiger partial charge is 0.322 e. The quantitative estimate of drug-likeness (QED) is 0.446. The molecule has 0 bridgehead atoms. The lowest BCUT2D eigenvalue weighted by molar-refractivity contribution is -0.208. The number of carbonyl (C=O) groups excluding carboxylic acids is 1. The molecule has 0 heterocycles. The van der Waals surface area contributed by atoms with Crippen molar-refractivity contribution < 1.29 is 29.6 Å². The van der Waals surface area contributed by atoms with Gasteiger partial charge in [0.05, 0.1) is 18.3 Å². The summed E-state index contributed by atoms with van der Waals surface area (Å²) in [5.74, 6) is 0.576. The number of fused-ring (bicyclic) bond motifs is 5. The number of amides is 1. The van der Waals surface area contributed by atoms with Gasteiger partial charge in [-0.3, -0.25) is 9.59 Å². The lowest BCUT2D eigenvalue weighted by Gasteiger charge is -2.63. The number of hydrogen-bond acceptors (Lipinski definition) is 5. The Morgan fingerprint density at radius 2 is 1.82 bits per heavy atom. The molecule has 34 heavy (non-hydrogen) atoms. The van der Waals surface area contributed by atoms with Gasteiger partial charge in [0.2, 0.25) is 5.91 Å². The van der Waals surface area contributed by atoms with E-state index >= 15 is 0 Å². The molecule has 0 aromatic heterocycles. The molecule has 4 aliphatic rings. The molecule has 11 atom stereocenters. The van der Waals surface area contributed by atoms with Gasteiger partial charge in [-0.15, -0.1) is 0 Å². The molecule has 4 aliphatic carbocycles. The number of ether oxygens (including phenoxy) is 1. The number of carboxylic acids is 1. The second kappa shape index (κ2) is 9.70. The van der Waals surface area contributed by atoms with E-state index in [9.17, 15) is 19.8 Å². The lowest BCUT2D eigenvalue weighted by Crippen LogP contribution is -2.62. The molecule has 4 rings (SSSR count). The van der Waals surface area contributed by atoms with Crippen molar-refractivity contribution in [3.63, 3.8) is 0 Å². The molecule has 194 valence electrons. The van der Waals surface area contributed by atoms with Crippen LogP contribution in [-0.4, -0.2) is 59.2 Å². The summed E-state index contributed by atoms with van der Waals surface area (Å²) in [5, 5.41) is 34.3. The molecule has 4 saturated carbocycles. The van der Waals surface area contributed by atoms with Crippen molar-refractivity contribution in [3.8, 4) is 0 Å². The van der Waals surface area contributed by atoms with Gasteiger partial charge in [0.1, 0.15) is 6.54 Å². The van der Waals surface area contributed by atoms with Crippen molar-refractivity contribution >= 4 is 11.9 Å². The minimum Gasteiger partial charge on any atom is -0.480 e. The topological polar surface area (TPSA) is 116 Å². The Hall–Kier alpha value is -1.18. The molecule has 0 spiro atoms. The zero-order valence-corrected chi connectivity index (χ0v) is 21.3. The molecule has 0 unspecified atom stereocenters. The van der Waals surface area contributed by atoms with Gasteiger partial charge in [-0.1, -0.05) is 20.8 Å². The van der Waals surface area contributed by atoms with Crippen molar-refractivity contribution in [1.29, 1.82) is 0 Å². The van der Waals surface area contributed by atoms with Crippen LogP contribution in [0.15, 0.2) is 0 Å². The zero-order valence-electron chi connectivity index (χ0n) is 21.3. The van der Waals surface area contributed by atoms with E-state index < -0.39 is 12.1 Å². The third-order valence-electron chi connectivity index (χ3n) is 11.1. The predicted molar refractivity (Wildman–Crippen MR) is 128 cm³/mol. The van der Waals surface area contributed by atoms with Crippen molar-refractivity contribution in [2.45, 2.75) is 96.9 Å². The van der Waals surface area contributed by atoms with Gasteiger partial charge >= 0.3 is 5.97 Å². The molecule has 7 heteroatoms. The molecule has 4 fully saturated rings. The first kappa shape index (κ1) is 25.9. The molecule has 0 saturated heterocycles. The third kappa shape index (κ3) is 4.30. The molecule has 0 aromatic rings. The SMILES string of the molecule is CO[C@@H]1CC[C@@]2(C)[C@@H](C1)C[C@@H](O)[C@@H]1[C@@H]2C[C@H](O)[C@]2(C)[C@@H]([C@H](C)CCC(=O)NCC(=O)O)CC[C@@H]12. The molecular weight excluding hydrogens is 434 g/mol. The van der Waals surface area contributed by atoms with Gasteiger partial charge in [0, 0.05) is 13.5 Å². The fourth-order valence-corrected chi connectivity index (χ4v) is 9.15. The Labute approximate surface area is 204 Å². The maximum Gasteiger partial charge on any atom is 0.322 e. The zero-order chi connectivity index (χ0) is 24.8. The summed E-state index contributed by atoms with van der Waals surface area (Å²) in [6.45, 7) is 6.47. The molecule has 4 N–H and O–H groups in total. The van der Waals surface area contributed by atoms with Crippen molar-refractivity contribution in [3.05, 3.63) is 0 Å². The summed E-state index contributed by atoms with van der Waals surface area (Å²) in [4.78, 5) is 22.8. The molecule has 0 radical (unpaired) electrons. The van der Waals surface area contributed by atoms with E-state index in [-0.39, 0.29) is 47.3 Å². The highest BCUT2D eigenvalue weighted by Gasteiger charge is 2.65. The molecule has 0 aromatic carbocycles. The van der Waals surface area contributed by atoms with E-state index in [4.69, 9.17) is 9.84 Å². The monoisotopic (exact) mass is 479 g/mol. The number of aliphatic hydroxyl groups is 2. The maximum absolute atomic E-state index is 12.1. The van der Waals surface area contributed by atoms with Gasteiger partial charge in [-0.2, -0.15) is 0 Å². The van der Waals surface area contributed by atoms with Crippen molar-refractivity contribution in [2.75, 3.05) is 13.7 Å². The summed E-state index contributed by atoms with van der Waals surface area (Å²) >= 11 is 0. The average molecular weight is 480 g/mol. The van der Waals surface area contributed by atoms with Gasteiger partial charge in [-0.25, -0.2) is 0 Å². The standard InChI is InChI=1S/C27H45NO6/c1-15(5-8-23(31)28-14-24(32)33)18-6-7-19-25-20(13-22(30)27(18,19)3)26(2)10-9-17(34-4)11-16(26)12-21(25)29/h15-22,25,29-30H,5-14H2,1-4H3,(H,28,31)(H,32,33)/t15-,16+,17-,18-,19+,20+,21-,22+,25+,26+,27-/m1/s1. The number of methoxy groups -OCH3 is 1. The fraction of sp³-hybridized carbons (Fsp3) is 0.926. The van der Waals surface area contributed by atoms with E-state index in [0.717, 1.165) is 44.9 Å². The van der Waals surface area contributed by atoms with E-state index in [1.165, 1.54) is 0 Å². The summed E-state index contributed by atoms with van der Waals surface area (Å²) in [6.07, 6.45) is 7.33. The number of hydrogen-bond donors (Lipinski definition) is 4. The van der Waals surface area contributed by atoms with Crippen LogP contribution in [0.5, 0.6) is 0 Å². The summed E-state index contributed by atoms with van der Waals surface area (Å²) in [5.41, 5.74) is -0.112. The first-order valence-corrected chi connectivity index (χ1v) is 13.4. The summed E-state index contributed by atoms with van der Waals surface area (Å²) in [7, 11) is 1.79. The van der Waals surface area contributed by atoms with Crippen LogP contribution in [0.1, 0.15) is 78.6 Å². The van der Waals surface area contributed by atoms with Gasteiger partial charge in [-0.05, 0) is 97.7 Å². The second-order valence-electron chi connectivity index (χ2n) is 12.4. The van der Waals surface area contributed by atoms with E-state index in [1.807, 2.05) is 0 Å². The number of rotatable bonds is 7. The van der Waals surface area contributed by atoms with Crippen LogP contribution in [-0.2, 0) is 14.3 Å². The van der Waals surface area contributed by atoms with Crippen LogP contribution >= 0.6 is 0 Å². The fourth-order valence-electron chi connectivity index (χ4n) is 9.15. The molecule has 1 amide bonds. The number of nitrogens with one attached hydrogen (secondary N) is 1. The lowest BCUT2D eigenvalue weighted by atomic mass is 9.43. The number of carboxylic acid groups (broad SMARTS) is 1. The van der Waals surface area contributed by atoms with Crippen LogP contribution in [0.4, 0.5) is 0 Å². The van der Waals surface area contributed by atoms with Gasteiger partial charge < -0.3 is 25.4 Å². The summed E-state index contributed by atoms with van der Waals surface area (Å²) < 4.78 is 5.68. The molecule has 7 nitrogen and oxygen atoms in total. The second-order valence-corrected chi connectivity index (χ2v) is 12.4. The Balaban J connectivity index is 1.48. The normalized spacial score (nSPS) is 46.6. The number of carbonyl (C=O) groups is 2. The molecular formula is C27H45NO6. The van der Waals surface area contributed by atoms with Crippen LogP contribution < -0.4 is 5.32 Å². The highest BCUT2D eigenvalue weighted by molar-refractivity contribution is 5.81. The van der Waals surface area contributed by atoms with Crippen LogP contribution in [0, 0.1) is 46.3 Å². The van der Waals surface area contributed by atoms with E-state index in [0.29, 0.717) is 36.5 Å². The first-order valence-electron chi connectivity index (χ1n) is 13.4. The Morgan fingerprint density at radius 1 is 1.09 bits per heavy atom. The minimum absolute atomic E-state index is 0.146. The average Bonchev–Trinajstić information content (AvgIpc) is 3.15. The largest absolute Gasteiger partial charge is 0.480 e. The van der Waals surface area contributed by atoms with E-state index in [2.05, 4.69) is 26.1 Å². The highest BCUT2D eigenvalue weighted by atomic mass is 16.5. The highest BCUT2D eigenvalue weighted by Crippen LogP contribution is 2.68. The van der Waals surface area contributed by atoms with Crippen molar-refractivity contribution in [2.24, 2.45) is 46.3 Å². The van der Waals surface area contributed by atoms with E-state index in [1.54, 1.807) is 7.11 Å². The van der Waals surface area contributed by atoms with Crippen LogP contribution in [0.3, 0.4) is 0 Å².